The van der Waals surface area contributed by atoms with Gasteiger partial charge in [-0.15, -0.1) is 0 Å². The van der Waals surface area contributed by atoms with Crippen molar-refractivity contribution < 1.29 is 9.13 Å². The Kier molecular flexibility index (Phi) is 6.25. The van der Waals surface area contributed by atoms with Crippen LogP contribution in [0.5, 0.6) is 0 Å². The van der Waals surface area contributed by atoms with Crippen LogP contribution in [0.25, 0.3) is 0 Å². The Balaban J connectivity index is 2.87. The standard InChI is InChI=1S/C14H23FN2O/c1-11(2)17(8-9-18-3)14(10-16)12-4-6-13(15)7-5-12/h4-7,11,14H,8-10,16H2,1-3H3. The Morgan fingerprint density at radius 1 is 1.28 bits per heavy atom. The SMILES string of the molecule is COCCN(C(C)C)C(CN)c1ccc(F)cc1. The van der Waals surface area contributed by atoms with Crippen LogP contribution in [0, 0.1) is 5.82 Å². The average Bonchev–Trinajstić information content (AvgIpc) is 2.35. The van der Waals surface area contributed by atoms with E-state index in [-0.39, 0.29) is 11.9 Å². The highest BCUT2D eigenvalue weighted by Gasteiger charge is 2.21. The zero-order chi connectivity index (χ0) is 13.5. The first-order chi connectivity index (χ1) is 8.60. The first-order valence-electron chi connectivity index (χ1n) is 6.30. The van der Waals surface area contributed by atoms with Gasteiger partial charge >= 0.3 is 0 Å². The fourth-order valence-corrected chi connectivity index (χ4v) is 2.12. The molecule has 1 aromatic rings. The van der Waals surface area contributed by atoms with E-state index in [2.05, 4.69) is 18.7 Å². The summed E-state index contributed by atoms with van der Waals surface area (Å²) in [5.41, 5.74) is 6.92. The van der Waals surface area contributed by atoms with Crippen LogP contribution < -0.4 is 5.73 Å². The highest BCUT2D eigenvalue weighted by atomic mass is 19.1. The van der Waals surface area contributed by atoms with Crippen LogP contribution in [-0.4, -0.2) is 37.7 Å². The molecule has 1 atom stereocenters. The third-order valence-corrected chi connectivity index (χ3v) is 3.10. The van der Waals surface area contributed by atoms with E-state index in [9.17, 15) is 4.39 Å². The average molecular weight is 254 g/mol. The van der Waals surface area contributed by atoms with Crippen molar-refractivity contribution in [1.29, 1.82) is 0 Å². The van der Waals surface area contributed by atoms with E-state index in [4.69, 9.17) is 10.5 Å². The van der Waals surface area contributed by atoms with Crippen molar-refractivity contribution in [3.63, 3.8) is 0 Å². The lowest BCUT2D eigenvalue weighted by Crippen LogP contribution is -2.40. The second-order valence-corrected chi connectivity index (χ2v) is 4.63. The van der Waals surface area contributed by atoms with Gasteiger partial charge in [0.1, 0.15) is 5.82 Å². The molecule has 0 radical (unpaired) electrons. The fraction of sp³-hybridized carbons (Fsp3) is 0.571. The molecule has 0 aliphatic heterocycles. The van der Waals surface area contributed by atoms with Gasteiger partial charge in [-0.25, -0.2) is 4.39 Å². The van der Waals surface area contributed by atoms with Gasteiger partial charge in [0.15, 0.2) is 0 Å². The maximum absolute atomic E-state index is 13.0. The molecule has 4 heteroatoms. The van der Waals surface area contributed by atoms with E-state index in [1.54, 1.807) is 19.2 Å². The van der Waals surface area contributed by atoms with Crippen molar-refractivity contribution in [3.05, 3.63) is 35.6 Å². The number of halogens is 1. The van der Waals surface area contributed by atoms with Crippen molar-refractivity contribution >= 4 is 0 Å². The molecule has 0 aliphatic rings. The van der Waals surface area contributed by atoms with Crippen LogP contribution in [0.4, 0.5) is 4.39 Å². The van der Waals surface area contributed by atoms with Gasteiger partial charge in [0.2, 0.25) is 0 Å². The van der Waals surface area contributed by atoms with E-state index in [0.29, 0.717) is 19.2 Å². The molecule has 0 heterocycles. The second kappa shape index (κ2) is 7.46. The molecule has 1 aromatic carbocycles. The van der Waals surface area contributed by atoms with Crippen molar-refractivity contribution in [3.8, 4) is 0 Å². The summed E-state index contributed by atoms with van der Waals surface area (Å²) in [6.07, 6.45) is 0. The summed E-state index contributed by atoms with van der Waals surface area (Å²) in [5.74, 6) is -0.220. The van der Waals surface area contributed by atoms with Crippen LogP contribution in [0.2, 0.25) is 0 Å². The largest absolute Gasteiger partial charge is 0.383 e. The number of benzene rings is 1. The maximum Gasteiger partial charge on any atom is 0.123 e. The fourth-order valence-electron chi connectivity index (χ4n) is 2.12. The molecular weight excluding hydrogens is 231 g/mol. The molecule has 0 amide bonds. The lowest BCUT2D eigenvalue weighted by atomic mass is 10.0. The van der Waals surface area contributed by atoms with Gasteiger partial charge in [0, 0.05) is 32.3 Å². The highest BCUT2D eigenvalue weighted by Crippen LogP contribution is 2.22. The summed E-state index contributed by atoms with van der Waals surface area (Å²) in [4.78, 5) is 2.27. The van der Waals surface area contributed by atoms with Crippen LogP contribution in [0.15, 0.2) is 24.3 Å². The minimum Gasteiger partial charge on any atom is -0.383 e. The minimum atomic E-state index is -0.220. The monoisotopic (exact) mass is 254 g/mol. The Labute approximate surface area is 109 Å². The van der Waals surface area contributed by atoms with Crippen molar-refractivity contribution in [2.24, 2.45) is 5.73 Å². The van der Waals surface area contributed by atoms with E-state index in [1.165, 1.54) is 12.1 Å². The second-order valence-electron chi connectivity index (χ2n) is 4.63. The Morgan fingerprint density at radius 2 is 1.89 bits per heavy atom. The quantitative estimate of drug-likeness (QED) is 0.810. The number of nitrogens with two attached hydrogens (primary N) is 1. The summed E-state index contributed by atoms with van der Waals surface area (Å²) < 4.78 is 18.1. The molecule has 18 heavy (non-hydrogen) atoms. The molecule has 1 unspecified atom stereocenters. The third kappa shape index (κ3) is 4.05. The molecule has 102 valence electrons. The van der Waals surface area contributed by atoms with Gasteiger partial charge in [-0.05, 0) is 31.5 Å². The lowest BCUT2D eigenvalue weighted by molar-refractivity contribution is 0.0979. The summed E-state index contributed by atoms with van der Waals surface area (Å²) in [7, 11) is 1.69. The van der Waals surface area contributed by atoms with E-state index in [1.807, 2.05) is 0 Å². The highest BCUT2D eigenvalue weighted by molar-refractivity contribution is 5.20. The molecular formula is C14H23FN2O. The van der Waals surface area contributed by atoms with Crippen molar-refractivity contribution in [2.45, 2.75) is 25.9 Å². The molecule has 3 nitrogen and oxygen atoms in total. The lowest BCUT2D eigenvalue weighted by Gasteiger charge is -2.34. The number of ether oxygens (including phenoxy) is 1. The number of rotatable bonds is 7. The van der Waals surface area contributed by atoms with E-state index >= 15 is 0 Å². The topological polar surface area (TPSA) is 38.5 Å². The summed E-state index contributed by atoms with van der Waals surface area (Å²) in [6.45, 7) is 6.24. The first-order valence-corrected chi connectivity index (χ1v) is 6.30. The van der Waals surface area contributed by atoms with Gasteiger partial charge in [0.05, 0.1) is 6.61 Å². The maximum atomic E-state index is 13.0. The van der Waals surface area contributed by atoms with Crippen LogP contribution in [0.3, 0.4) is 0 Å². The van der Waals surface area contributed by atoms with Crippen molar-refractivity contribution in [1.82, 2.24) is 4.90 Å². The zero-order valence-electron chi connectivity index (χ0n) is 11.4. The Bertz CT molecular complexity index is 340. The molecule has 0 fully saturated rings. The number of methoxy groups -OCH3 is 1. The van der Waals surface area contributed by atoms with Crippen molar-refractivity contribution in [2.75, 3.05) is 26.8 Å². The molecule has 2 N–H and O–H groups in total. The van der Waals surface area contributed by atoms with Gasteiger partial charge in [-0.1, -0.05) is 12.1 Å². The van der Waals surface area contributed by atoms with E-state index in [0.717, 1.165) is 12.1 Å². The Hall–Kier alpha value is -0.970. The minimum absolute atomic E-state index is 0.0979. The predicted octanol–water partition coefficient (Wildman–Crippen LogP) is 2.18. The summed E-state index contributed by atoms with van der Waals surface area (Å²) in [5, 5.41) is 0. The van der Waals surface area contributed by atoms with Gasteiger partial charge in [-0.3, -0.25) is 4.90 Å². The molecule has 0 saturated heterocycles. The van der Waals surface area contributed by atoms with Gasteiger partial charge < -0.3 is 10.5 Å². The van der Waals surface area contributed by atoms with Gasteiger partial charge in [-0.2, -0.15) is 0 Å². The van der Waals surface area contributed by atoms with E-state index < -0.39 is 0 Å². The molecule has 0 aliphatic carbocycles. The number of hydrogen-bond donors (Lipinski definition) is 1. The molecule has 0 spiro atoms. The van der Waals surface area contributed by atoms with Gasteiger partial charge in [0.25, 0.3) is 0 Å². The zero-order valence-corrected chi connectivity index (χ0v) is 11.4. The molecule has 0 aromatic heterocycles. The predicted molar refractivity (Wildman–Crippen MR) is 71.9 cm³/mol. The van der Waals surface area contributed by atoms with Crippen LogP contribution in [0.1, 0.15) is 25.5 Å². The summed E-state index contributed by atoms with van der Waals surface area (Å²) in [6, 6.07) is 7.02. The normalized spacial score (nSPS) is 13.3. The first kappa shape index (κ1) is 15.1. The number of hydrogen-bond acceptors (Lipinski definition) is 3. The van der Waals surface area contributed by atoms with Crippen LogP contribution in [-0.2, 0) is 4.74 Å². The Morgan fingerprint density at radius 3 is 2.33 bits per heavy atom. The van der Waals surface area contributed by atoms with Crippen LogP contribution >= 0.6 is 0 Å². The summed E-state index contributed by atoms with van der Waals surface area (Å²) >= 11 is 0. The number of nitrogens with zero attached hydrogens (tertiary/aromatic N) is 1. The third-order valence-electron chi connectivity index (χ3n) is 3.10. The molecule has 0 bridgehead atoms. The molecule has 1 rings (SSSR count). The smallest absolute Gasteiger partial charge is 0.123 e. The molecule has 0 saturated carbocycles.